The first-order valence-corrected chi connectivity index (χ1v) is 10.6. The van der Waals surface area contributed by atoms with Crippen LogP contribution in [0.4, 0.5) is 0 Å². The van der Waals surface area contributed by atoms with Crippen molar-refractivity contribution in [2.45, 2.75) is 57.9 Å². The summed E-state index contributed by atoms with van der Waals surface area (Å²) in [6.45, 7) is 2.51. The van der Waals surface area contributed by atoms with Gasteiger partial charge in [-0.2, -0.15) is 0 Å². The lowest BCUT2D eigenvalue weighted by Crippen LogP contribution is -2.56. The molecule has 5 heteroatoms. The highest BCUT2D eigenvalue weighted by Gasteiger charge is 2.53. The van der Waals surface area contributed by atoms with Crippen molar-refractivity contribution in [3.05, 3.63) is 34.9 Å². The van der Waals surface area contributed by atoms with Gasteiger partial charge in [0.25, 0.3) is 5.91 Å². The van der Waals surface area contributed by atoms with Gasteiger partial charge in [-0.3, -0.25) is 9.59 Å². The quantitative estimate of drug-likeness (QED) is 0.767. The minimum Gasteiger partial charge on any atom is -0.353 e. The van der Waals surface area contributed by atoms with Crippen molar-refractivity contribution >= 4 is 23.4 Å². The monoisotopic (exact) mass is 388 g/mol. The standard InChI is InChI=1S/C22H29ClN2O2/c1-14(22-11-15-8-16(12-22)10-17(9-15)13-22)25-20(26)6-7-24-21(27)18-4-2-3-5-19(18)23/h2-5,14-17H,6-13H2,1H3,(H,24,27)(H,25,26)/t14-,15?,16?,17?,22?/m1/s1. The number of carbonyl (C=O) groups excluding carboxylic acids is 2. The van der Waals surface area contributed by atoms with E-state index in [-0.39, 0.29) is 17.9 Å². The summed E-state index contributed by atoms with van der Waals surface area (Å²) >= 11 is 6.04. The Labute approximate surface area is 166 Å². The van der Waals surface area contributed by atoms with Gasteiger partial charge in [-0.05, 0) is 80.8 Å². The maximum atomic E-state index is 12.4. The molecule has 1 aromatic carbocycles. The Morgan fingerprint density at radius 3 is 2.30 bits per heavy atom. The third-order valence-corrected chi connectivity index (χ3v) is 7.47. The van der Waals surface area contributed by atoms with E-state index in [1.165, 1.54) is 38.5 Å². The smallest absolute Gasteiger partial charge is 0.252 e. The Balaban J connectivity index is 1.26. The third kappa shape index (κ3) is 3.87. The fourth-order valence-corrected chi connectivity index (χ4v) is 6.43. The second kappa shape index (κ2) is 7.46. The van der Waals surface area contributed by atoms with Crippen LogP contribution in [0.5, 0.6) is 0 Å². The van der Waals surface area contributed by atoms with Crippen molar-refractivity contribution in [2.24, 2.45) is 23.2 Å². The molecule has 0 aliphatic heterocycles. The number of rotatable bonds is 6. The van der Waals surface area contributed by atoms with Crippen LogP contribution in [0.2, 0.25) is 5.02 Å². The molecule has 2 amide bonds. The van der Waals surface area contributed by atoms with Gasteiger partial charge < -0.3 is 10.6 Å². The number of carbonyl (C=O) groups is 2. The van der Waals surface area contributed by atoms with Crippen LogP contribution in [-0.4, -0.2) is 24.4 Å². The van der Waals surface area contributed by atoms with Gasteiger partial charge >= 0.3 is 0 Å². The van der Waals surface area contributed by atoms with Gasteiger partial charge in [0.1, 0.15) is 0 Å². The van der Waals surface area contributed by atoms with E-state index in [2.05, 4.69) is 17.6 Å². The molecular formula is C22H29ClN2O2. The molecule has 5 rings (SSSR count). The molecule has 4 aliphatic carbocycles. The summed E-state index contributed by atoms with van der Waals surface area (Å²) in [4.78, 5) is 24.6. The van der Waals surface area contributed by atoms with Gasteiger partial charge in [0.15, 0.2) is 0 Å². The van der Waals surface area contributed by atoms with Crippen LogP contribution in [0, 0.1) is 23.2 Å². The lowest BCUT2D eigenvalue weighted by molar-refractivity contribution is -0.125. The first kappa shape index (κ1) is 18.8. The van der Waals surface area contributed by atoms with Crippen molar-refractivity contribution in [3.63, 3.8) is 0 Å². The summed E-state index contributed by atoms with van der Waals surface area (Å²) in [6.07, 6.45) is 8.37. The summed E-state index contributed by atoms with van der Waals surface area (Å²) in [6, 6.07) is 7.17. The normalized spacial score (nSPS) is 32.1. The Morgan fingerprint density at radius 1 is 1.11 bits per heavy atom. The van der Waals surface area contributed by atoms with Crippen LogP contribution in [0.15, 0.2) is 24.3 Å². The lowest BCUT2D eigenvalue weighted by Gasteiger charge is -2.59. The number of halogens is 1. The molecular weight excluding hydrogens is 360 g/mol. The van der Waals surface area contributed by atoms with E-state index in [9.17, 15) is 9.59 Å². The molecule has 0 heterocycles. The summed E-state index contributed by atoms with van der Waals surface area (Å²) in [7, 11) is 0. The largest absolute Gasteiger partial charge is 0.353 e. The van der Waals surface area contributed by atoms with Gasteiger partial charge in [-0.25, -0.2) is 0 Å². The number of nitrogens with one attached hydrogen (secondary N) is 2. The van der Waals surface area contributed by atoms with Crippen molar-refractivity contribution in [1.29, 1.82) is 0 Å². The highest BCUT2D eigenvalue weighted by Crippen LogP contribution is 2.61. The number of benzene rings is 1. The summed E-state index contributed by atoms with van der Waals surface area (Å²) < 4.78 is 0. The minimum absolute atomic E-state index is 0.0257. The molecule has 2 N–H and O–H groups in total. The van der Waals surface area contributed by atoms with E-state index in [0.29, 0.717) is 29.0 Å². The first-order chi connectivity index (χ1) is 12.9. The highest BCUT2D eigenvalue weighted by molar-refractivity contribution is 6.33. The van der Waals surface area contributed by atoms with E-state index < -0.39 is 0 Å². The fourth-order valence-electron chi connectivity index (χ4n) is 6.20. The summed E-state index contributed by atoms with van der Waals surface area (Å²) in [5, 5.41) is 6.47. The molecule has 27 heavy (non-hydrogen) atoms. The second-order valence-corrected chi connectivity index (χ2v) is 9.46. The van der Waals surface area contributed by atoms with Gasteiger partial charge in [0, 0.05) is 19.0 Å². The van der Waals surface area contributed by atoms with Crippen LogP contribution in [0.1, 0.15) is 62.2 Å². The predicted molar refractivity (Wildman–Crippen MR) is 107 cm³/mol. The molecule has 4 aliphatic rings. The Morgan fingerprint density at radius 2 is 1.70 bits per heavy atom. The van der Waals surface area contributed by atoms with E-state index in [0.717, 1.165) is 17.8 Å². The molecule has 0 radical (unpaired) electrons. The van der Waals surface area contributed by atoms with E-state index in [1.807, 2.05) is 0 Å². The van der Waals surface area contributed by atoms with Gasteiger partial charge in [-0.15, -0.1) is 0 Å². The lowest BCUT2D eigenvalue weighted by atomic mass is 9.48. The Hall–Kier alpha value is -1.55. The molecule has 4 nitrogen and oxygen atoms in total. The predicted octanol–water partition coefficient (Wildman–Crippen LogP) is 4.18. The number of hydrogen-bond acceptors (Lipinski definition) is 2. The summed E-state index contributed by atoms with van der Waals surface area (Å²) in [5.74, 6) is 2.43. The topological polar surface area (TPSA) is 58.2 Å². The molecule has 1 atom stereocenters. The average Bonchev–Trinajstić information content (AvgIpc) is 2.60. The Bertz CT molecular complexity index is 697. The molecule has 4 saturated carbocycles. The van der Waals surface area contributed by atoms with E-state index in [1.54, 1.807) is 24.3 Å². The van der Waals surface area contributed by atoms with Crippen molar-refractivity contribution < 1.29 is 9.59 Å². The first-order valence-electron chi connectivity index (χ1n) is 10.3. The van der Waals surface area contributed by atoms with Gasteiger partial charge in [0.05, 0.1) is 10.6 Å². The SMILES string of the molecule is C[C@@H](NC(=O)CCNC(=O)c1ccccc1Cl)C12CC3CC(CC(C3)C1)C2. The zero-order chi connectivity index (χ0) is 19.0. The van der Waals surface area contributed by atoms with Crippen LogP contribution >= 0.6 is 11.6 Å². The minimum atomic E-state index is -0.234. The van der Waals surface area contributed by atoms with Crippen molar-refractivity contribution in [3.8, 4) is 0 Å². The van der Waals surface area contributed by atoms with Crippen LogP contribution < -0.4 is 10.6 Å². The van der Waals surface area contributed by atoms with Crippen molar-refractivity contribution in [2.75, 3.05) is 6.54 Å². The molecule has 0 saturated heterocycles. The number of hydrogen-bond donors (Lipinski definition) is 2. The highest BCUT2D eigenvalue weighted by atomic mass is 35.5. The molecule has 1 aromatic rings. The Kier molecular flexibility index (Phi) is 5.19. The van der Waals surface area contributed by atoms with Crippen LogP contribution in [0.3, 0.4) is 0 Å². The molecule has 0 unspecified atom stereocenters. The second-order valence-electron chi connectivity index (χ2n) is 9.05. The van der Waals surface area contributed by atoms with Gasteiger partial charge in [-0.1, -0.05) is 23.7 Å². The average molecular weight is 389 g/mol. The molecule has 146 valence electrons. The summed E-state index contributed by atoms with van der Waals surface area (Å²) in [5.41, 5.74) is 0.757. The maximum absolute atomic E-state index is 12.4. The molecule has 4 fully saturated rings. The number of amides is 2. The molecule has 4 bridgehead atoms. The van der Waals surface area contributed by atoms with Crippen molar-refractivity contribution in [1.82, 2.24) is 10.6 Å². The van der Waals surface area contributed by atoms with E-state index >= 15 is 0 Å². The van der Waals surface area contributed by atoms with Crippen LogP contribution in [0.25, 0.3) is 0 Å². The molecule has 0 aromatic heterocycles. The van der Waals surface area contributed by atoms with Crippen LogP contribution in [-0.2, 0) is 4.79 Å². The van der Waals surface area contributed by atoms with E-state index in [4.69, 9.17) is 11.6 Å². The fraction of sp³-hybridized carbons (Fsp3) is 0.636. The molecule has 0 spiro atoms. The zero-order valence-corrected chi connectivity index (χ0v) is 16.7. The maximum Gasteiger partial charge on any atom is 0.252 e. The zero-order valence-electron chi connectivity index (χ0n) is 16.0. The third-order valence-electron chi connectivity index (χ3n) is 7.14. The van der Waals surface area contributed by atoms with Gasteiger partial charge in [0.2, 0.25) is 5.91 Å².